The Balaban J connectivity index is 1.89. The highest BCUT2D eigenvalue weighted by Gasteiger charge is 2.33. The van der Waals surface area contributed by atoms with Gasteiger partial charge in [-0.1, -0.05) is 12.1 Å². The number of rotatable bonds is 4. The number of phenolic OH excluding ortho intramolecular Hbond substituents is 1. The van der Waals surface area contributed by atoms with Gasteiger partial charge in [0.15, 0.2) is 0 Å². The summed E-state index contributed by atoms with van der Waals surface area (Å²) < 4.78 is 0. The van der Waals surface area contributed by atoms with Gasteiger partial charge in [0.2, 0.25) is 5.91 Å². The lowest BCUT2D eigenvalue weighted by molar-refractivity contribution is -0.141. The predicted octanol–water partition coefficient (Wildman–Crippen LogP) is 0.868. The molecule has 18 heavy (non-hydrogen) atoms. The summed E-state index contributed by atoms with van der Waals surface area (Å²) in [7, 11) is 0. The molecular formula is C13H15NO4. The van der Waals surface area contributed by atoms with Crippen LogP contribution in [0.4, 0.5) is 0 Å². The molecule has 1 amide bonds. The minimum atomic E-state index is -0.907. The van der Waals surface area contributed by atoms with Crippen molar-refractivity contribution in [3.8, 4) is 5.75 Å². The standard InChI is InChI=1S/C13H15NO4/c15-11-3-1-9(2-4-11)5-6-14-8-10(13(17)18)7-12(14)16/h1-4,10,15H,5-8H2,(H,17,18)/t10-/m1/s1. The average molecular weight is 249 g/mol. The van der Waals surface area contributed by atoms with Crippen molar-refractivity contribution in [1.29, 1.82) is 0 Å². The summed E-state index contributed by atoms with van der Waals surface area (Å²) >= 11 is 0. The molecule has 96 valence electrons. The number of carboxylic acids is 1. The van der Waals surface area contributed by atoms with E-state index in [1.807, 2.05) is 0 Å². The molecular weight excluding hydrogens is 234 g/mol. The number of carboxylic acid groups (broad SMARTS) is 1. The van der Waals surface area contributed by atoms with Gasteiger partial charge in [0.1, 0.15) is 5.75 Å². The van der Waals surface area contributed by atoms with Crippen LogP contribution in [0.1, 0.15) is 12.0 Å². The summed E-state index contributed by atoms with van der Waals surface area (Å²) in [5.74, 6) is -1.36. The van der Waals surface area contributed by atoms with Crippen LogP contribution in [0.15, 0.2) is 24.3 Å². The van der Waals surface area contributed by atoms with Gasteiger partial charge in [0.05, 0.1) is 5.92 Å². The zero-order valence-electron chi connectivity index (χ0n) is 9.87. The Labute approximate surface area is 105 Å². The minimum Gasteiger partial charge on any atom is -0.508 e. The fourth-order valence-electron chi connectivity index (χ4n) is 2.08. The van der Waals surface area contributed by atoms with Crippen LogP contribution in [-0.2, 0) is 16.0 Å². The van der Waals surface area contributed by atoms with Crippen LogP contribution < -0.4 is 0 Å². The van der Waals surface area contributed by atoms with Gasteiger partial charge in [0.25, 0.3) is 0 Å². The summed E-state index contributed by atoms with van der Waals surface area (Å²) in [5.41, 5.74) is 1.01. The van der Waals surface area contributed by atoms with Gasteiger partial charge in [-0.15, -0.1) is 0 Å². The van der Waals surface area contributed by atoms with Gasteiger partial charge in [-0.3, -0.25) is 9.59 Å². The Morgan fingerprint density at radius 2 is 2.00 bits per heavy atom. The van der Waals surface area contributed by atoms with Crippen molar-refractivity contribution >= 4 is 11.9 Å². The first-order chi connectivity index (χ1) is 8.56. The van der Waals surface area contributed by atoms with E-state index in [4.69, 9.17) is 10.2 Å². The topological polar surface area (TPSA) is 77.8 Å². The van der Waals surface area contributed by atoms with E-state index in [-0.39, 0.29) is 18.1 Å². The first-order valence-corrected chi connectivity index (χ1v) is 5.85. The molecule has 2 rings (SSSR count). The lowest BCUT2D eigenvalue weighted by atomic mass is 10.1. The van der Waals surface area contributed by atoms with Crippen molar-refractivity contribution in [2.24, 2.45) is 5.92 Å². The van der Waals surface area contributed by atoms with E-state index in [9.17, 15) is 9.59 Å². The molecule has 0 aromatic heterocycles. The molecule has 0 bridgehead atoms. The number of carbonyl (C=O) groups is 2. The third-order valence-electron chi connectivity index (χ3n) is 3.17. The van der Waals surface area contributed by atoms with Gasteiger partial charge < -0.3 is 15.1 Å². The van der Waals surface area contributed by atoms with Gasteiger partial charge in [-0.05, 0) is 24.1 Å². The lowest BCUT2D eigenvalue weighted by Crippen LogP contribution is -2.28. The number of aromatic hydroxyl groups is 1. The molecule has 1 aromatic rings. The Morgan fingerprint density at radius 3 is 2.56 bits per heavy atom. The van der Waals surface area contributed by atoms with Crippen LogP contribution in [0.3, 0.4) is 0 Å². The summed E-state index contributed by atoms with van der Waals surface area (Å²) in [6, 6.07) is 6.79. The molecule has 5 nitrogen and oxygen atoms in total. The summed E-state index contributed by atoms with van der Waals surface area (Å²) in [6.45, 7) is 0.819. The highest BCUT2D eigenvalue weighted by molar-refractivity contribution is 5.86. The summed E-state index contributed by atoms with van der Waals surface area (Å²) in [5, 5.41) is 18.0. The summed E-state index contributed by atoms with van der Waals surface area (Å²) in [4.78, 5) is 24.0. The molecule has 1 aliphatic heterocycles. The molecule has 1 fully saturated rings. The van der Waals surface area contributed by atoms with Crippen LogP contribution >= 0.6 is 0 Å². The molecule has 0 radical (unpaired) electrons. The van der Waals surface area contributed by atoms with Gasteiger partial charge in [0, 0.05) is 19.5 Å². The second-order valence-corrected chi connectivity index (χ2v) is 4.50. The molecule has 2 N–H and O–H groups in total. The quantitative estimate of drug-likeness (QED) is 0.830. The number of phenols is 1. The number of hydrogen-bond acceptors (Lipinski definition) is 3. The smallest absolute Gasteiger partial charge is 0.308 e. The Kier molecular flexibility index (Phi) is 3.50. The predicted molar refractivity (Wildman–Crippen MR) is 64.1 cm³/mol. The van der Waals surface area contributed by atoms with Crippen LogP contribution in [0, 0.1) is 5.92 Å². The highest BCUT2D eigenvalue weighted by atomic mass is 16.4. The van der Waals surface area contributed by atoms with Crippen molar-refractivity contribution in [3.63, 3.8) is 0 Å². The molecule has 0 saturated carbocycles. The minimum absolute atomic E-state index is 0.0961. The molecule has 5 heteroatoms. The maximum Gasteiger partial charge on any atom is 0.308 e. The number of carbonyl (C=O) groups excluding carboxylic acids is 1. The maximum atomic E-state index is 11.6. The first-order valence-electron chi connectivity index (χ1n) is 5.85. The third kappa shape index (κ3) is 2.80. The molecule has 1 aromatic carbocycles. The average Bonchev–Trinajstić information content (AvgIpc) is 2.70. The van der Waals surface area contributed by atoms with Crippen molar-refractivity contribution in [1.82, 2.24) is 4.90 Å². The van der Waals surface area contributed by atoms with Crippen molar-refractivity contribution in [3.05, 3.63) is 29.8 Å². The van der Waals surface area contributed by atoms with Crippen molar-refractivity contribution in [2.75, 3.05) is 13.1 Å². The number of hydrogen-bond donors (Lipinski definition) is 2. The number of likely N-dealkylation sites (tertiary alicyclic amines) is 1. The Hall–Kier alpha value is -2.04. The monoisotopic (exact) mass is 249 g/mol. The van der Waals surface area contributed by atoms with E-state index in [0.717, 1.165) is 5.56 Å². The fraction of sp³-hybridized carbons (Fsp3) is 0.385. The van der Waals surface area contributed by atoms with E-state index >= 15 is 0 Å². The second kappa shape index (κ2) is 5.08. The normalized spacial score (nSPS) is 19.2. The molecule has 0 aliphatic carbocycles. The van der Waals surface area contributed by atoms with Crippen LogP contribution in [0.25, 0.3) is 0 Å². The first kappa shape index (κ1) is 12.4. The van der Waals surface area contributed by atoms with Gasteiger partial charge in [-0.25, -0.2) is 0 Å². The maximum absolute atomic E-state index is 11.6. The Morgan fingerprint density at radius 1 is 1.33 bits per heavy atom. The largest absolute Gasteiger partial charge is 0.508 e. The molecule has 0 spiro atoms. The number of nitrogens with zero attached hydrogens (tertiary/aromatic N) is 1. The van der Waals surface area contributed by atoms with Crippen molar-refractivity contribution < 1.29 is 19.8 Å². The second-order valence-electron chi connectivity index (χ2n) is 4.50. The fourth-order valence-corrected chi connectivity index (χ4v) is 2.08. The number of aliphatic carboxylic acids is 1. The Bertz CT molecular complexity index is 455. The van der Waals surface area contributed by atoms with E-state index in [1.165, 1.54) is 0 Å². The van der Waals surface area contributed by atoms with E-state index in [1.54, 1.807) is 29.2 Å². The molecule has 1 aliphatic rings. The van der Waals surface area contributed by atoms with E-state index in [0.29, 0.717) is 19.5 Å². The SMILES string of the molecule is O=C(O)[C@@H]1CC(=O)N(CCc2ccc(O)cc2)C1. The molecule has 1 heterocycles. The number of amides is 1. The number of benzene rings is 1. The zero-order valence-corrected chi connectivity index (χ0v) is 9.87. The van der Waals surface area contributed by atoms with Crippen molar-refractivity contribution in [2.45, 2.75) is 12.8 Å². The van der Waals surface area contributed by atoms with Crippen LogP contribution in [0.5, 0.6) is 5.75 Å². The zero-order chi connectivity index (χ0) is 13.1. The van der Waals surface area contributed by atoms with Gasteiger partial charge in [-0.2, -0.15) is 0 Å². The highest BCUT2D eigenvalue weighted by Crippen LogP contribution is 2.18. The lowest BCUT2D eigenvalue weighted by Gasteiger charge is -2.15. The summed E-state index contributed by atoms with van der Waals surface area (Å²) in [6.07, 6.45) is 0.767. The van der Waals surface area contributed by atoms with Crippen LogP contribution in [0.2, 0.25) is 0 Å². The third-order valence-corrected chi connectivity index (χ3v) is 3.17. The van der Waals surface area contributed by atoms with E-state index < -0.39 is 11.9 Å². The molecule has 1 saturated heterocycles. The molecule has 0 unspecified atom stereocenters. The van der Waals surface area contributed by atoms with Gasteiger partial charge >= 0.3 is 5.97 Å². The van der Waals surface area contributed by atoms with E-state index in [2.05, 4.69) is 0 Å². The van der Waals surface area contributed by atoms with Crippen LogP contribution in [-0.4, -0.2) is 40.1 Å². The molecule has 1 atom stereocenters.